The molecule has 2 N–H and O–H groups in total. The molecule has 3 nitrogen and oxygen atoms in total. The Bertz CT molecular complexity index is 261. The van der Waals surface area contributed by atoms with Gasteiger partial charge in [-0.25, -0.2) is 0 Å². The van der Waals surface area contributed by atoms with Gasteiger partial charge in [-0.15, -0.1) is 22.0 Å². The molecule has 1 aliphatic rings. The monoisotopic (exact) mass is 153 g/mol. The van der Waals surface area contributed by atoms with Crippen LogP contribution < -0.4 is 5.73 Å². The van der Waals surface area contributed by atoms with Crippen molar-refractivity contribution >= 4 is 17.6 Å². The first-order chi connectivity index (χ1) is 4.86. The summed E-state index contributed by atoms with van der Waals surface area (Å²) in [6.07, 6.45) is 1.08. The van der Waals surface area contributed by atoms with Gasteiger partial charge in [-0.2, -0.15) is 0 Å². The highest BCUT2D eigenvalue weighted by atomic mass is 32.2. The van der Waals surface area contributed by atoms with E-state index in [9.17, 15) is 0 Å². The van der Waals surface area contributed by atoms with Crippen molar-refractivity contribution in [3.8, 4) is 0 Å². The van der Waals surface area contributed by atoms with Crippen molar-refractivity contribution < 1.29 is 0 Å². The van der Waals surface area contributed by atoms with E-state index in [0.717, 1.165) is 17.2 Å². The van der Waals surface area contributed by atoms with Crippen LogP contribution in [0.1, 0.15) is 5.56 Å². The molecule has 2 rings (SSSR count). The van der Waals surface area contributed by atoms with Crippen molar-refractivity contribution in [2.45, 2.75) is 11.4 Å². The van der Waals surface area contributed by atoms with E-state index >= 15 is 0 Å². The number of anilines is 1. The molecule has 10 heavy (non-hydrogen) atoms. The van der Waals surface area contributed by atoms with E-state index in [1.54, 1.807) is 11.8 Å². The van der Waals surface area contributed by atoms with Crippen molar-refractivity contribution in [2.75, 3.05) is 11.5 Å². The summed E-state index contributed by atoms with van der Waals surface area (Å²) in [4.78, 5) is 0. The summed E-state index contributed by atoms with van der Waals surface area (Å²) in [5.74, 6) is 1.65. The standard InChI is InChI=1S/C6H7N3S/c7-5-3-4-1-2-10-6(4)9-8-5/h3H,1-2H2,(H2,7,8). The predicted molar refractivity (Wildman–Crippen MR) is 40.9 cm³/mol. The lowest BCUT2D eigenvalue weighted by Gasteiger charge is -1.94. The van der Waals surface area contributed by atoms with Gasteiger partial charge in [-0.05, 0) is 18.1 Å². The Balaban J connectivity index is 2.52. The second kappa shape index (κ2) is 2.12. The fourth-order valence-electron chi connectivity index (χ4n) is 0.995. The van der Waals surface area contributed by atoms with Crippen LogP contribution in [0.3, 0.4) is 0 Å². The molecule has 1 aromatic heterocycles. The molecule has 0 spiro atoms. The third kappa shape index (κ3) is 0.844. The smallest absolute Gasteiger partial charge is 0.146 e. The van der Waals surface area contributed by atoms with E-state index in [4.69, 9.17) is 5.73 Å². The molecule has 0 saturated heterocycles. The van der Waals surface area contributed by atoms with E-state index in [-0.39, 0.29) is 0 Å². The van der Waals surface area contributed by atoms with Gasteiger partial charge in [0.2, 0.25) is 0 Å². The lowest BCUT2D eigenvalue weighted by Crippen LogP contribution is -1.95. The van der Waals surface area contributed by atoms with Crippen molar-refractivity contribution in [2.24, 2.45) is 0 Å². The fraction of sp³-hybridized carbons (Fsp3) is 0.333. The first-order valence-corrected chi connectivity index (χ1v) is 4.10. The predicted octanol–water partition coefficient (Wildman–Crippen LogP) is 0.707. The van der Waals surface area contributed by atoms with Gasteiger partial charge >= 0.3 is 0 Å². The minimum absolute atomic E-state index is 0.529. The maximum absolute atomic E-state index is 5.45. The number of nitrogen functional groups attached to an aromatic ring is 1. The van der Waals surface area contributed by atoms with Crippen LogP contribution >= 0.6 is 11.8 Å². The summed E-state index contributed by atoms with van der Waals surface area (Å²) in [6, 6.07) is 1.91. The van der Waals surface area contributed by atoms with Crippen LogP contribution in [0, 0.1) is 0 Å². The van der Waals surface area contributed by atoms with E-state index < -0.39 is 0 Å². The number of rotatable bonds is 0. The fourth-order valence-corrected chi connectivity index (χ4v) is 1.96. The van der Waals surface area contributed by atoms with Crippen molar-refractivity contribution in [3.05, 3.63) is 11.6 Å². The van der Waals surface area contributed by atoms with Gasteiger partial charge in [-0.3, -0.25) is 0 Å². The molecule has 1 aliphatic heterocycles. The second-order valence-corrected chi connectivity index (χ2v) is 3.28. The zero-order valence-corrected chi connectivity index (χ0v) is 6.19. The average Bonchev–Trinajstić information content (AvgIpc) is 2.33. The first-order valence-electron chi connectivity index (χ1n) is 3.11. The molecule has 0 atom stereocenters. The van der Waals surface area contributed by atoms with Gasteiger partial charge in [-0.1, -0.05) is 0 Å². The number of hydrogen-bond donors (Lipinski definition) is 1. The van der Waals surface area contributed by atoms with Gasteiger partial charge in [0.1, 0.15) is 10.8 Å². The Hall–Kier alpha value is -0.770. The molecule has 0 bridgehead atoms. The molecule has 0 amide bonds. The Morgan fingerprint density at radius 3 is 3.30 bits per heavy atom. The van der Waals surface area contributed by atoms with E-state index in [1.807, 2.05) is 6.07 Å². The molecule has 0 unspecified atom stereocenters. The number of nitrogens with zero attached hydrogens (tertiary/aromatic N) is 2. The molecule has 1 aromatic rings. The SMILES string of the molecule is Nc1cc2c(nn1)SCC2. The van der Waals surface area contributed by atoms with Crippen LogP contribution in [0.15, 0.2) is 11.1 Å². The van der Waals surface area contributed by atoms with Crippen LogP contribution in [0.5, 0.6) is 0 Å². The minimum atomic E-state index is 0.529. The molecule has 4 heteroatoms. The normalized spacial score (nSPS) is 15.2. The zero-order valence-electron chi connectivity index (χ0n) is 5.37. The Kier molecular flexibility index (Phi) is 1.27. The summed E-state index contributed by atoms with van der Waals surface area (Å²) < 4.78 is 0. The molecular formula is C6H7N3S. The molecule has 0 fully saturated rings. The number of fused-ring (bicyclic) bond motifs is 1. The van der Waals surface area contributed by atoms with Gasteiger partial charge < -0.3 is 5.73 Å². The maximum atomic E-state index is 5.45. The quantitative estimate of drug-likeness (QED) is 0.596. The maximum Gasteiger partial charge on any atom is 0.146 e. The van der Waals surface area contributed by atoms with Gasteiger partial charge in [0.25, 0.3) is 0 Å². The Morgan fingerprint density at radius 2 is 2.40 bits per heavy atom. The summed E-state index contributed by atoms with van der Waals surface area (Å²) in [6.45, 7) is 0. The highest BCUT2D eigenvalue weighted by Gasteiger charge is 2.12. The lowest BCUT2D eigenvalue weighted by molar-refractivity contribution is 0.911. The molecule has 0 aliphatic carbocycles. The number of nitrogens with two attached hydrogens (primary N) is 1. The van der Waals surface area contributed by atoms with Crippen LogP contribution in [-0.2, 0) is 6.42 Å². The van der Waals surface area contributed by atoms with Crippen LogP contribution in [0.4, 0.5) is 5.82 Å². The van der Waals surface area contributed by atoms with E-state index in [2.05, 4.69) is 10.2 Å². The second-order valence-electron chi connectivity index (χ2n) is 2.20. The number of aryl methyl sites for hydroxylation is 1. The Morgan fingerprint density at radius 1 is 1.50 bits per heavy atom. The average molecular weight is 153 g/mol. The number of aromatic nitrogens is 2. The summed E-state index contributed by atoms with van der Waals surface area (Å²) in [5.41, 5.74) is 6.70. The van der Waals surface area contributed by atoms with Crippen LogP contribution in [-0.4, -0.2) is 16.0 Å². The van der Waals surface area contributed by atoms with E-state index in [0.29, 0.717) is 5.82 Å². The highest BCUT2D eigenvalue weighted by molar-refractivity contribution is 7.99. The molecule has 0 aromatic carbocycles. The largest absolute Gasteiger partial charge is 0.382 e. The third-order valence-corrected chi connectivity index (χ3v) is 2.49. The third-order valence-electron chi connectivity index (χ3n) is 1.46. The minimum Gasteiger partial charge on any atom is -0.382 e. The summed E-state index contributed by atoms with van der Waals surface area (Å²) in [7, 11) is 0. The molecule has 0 saturated carbocycles. The summed E-state index contributed by atoms with van der Waals surface area (Å²) >= 11 is 1.75. The van der Waals surface area contributed by atoms with Gasteiger partial charge in [0, 0.05) is 5.75 Å². The molecule has 2 heterocycles. The van der Waals surface area contributed by atoms with Gasteiger partial charge in [0.15, 0.2) is 0 Å². The van der Waals surface area contributed by atoms with Crippen molar-refractivity contribution in [1.82, 2.24) is 10.2 Å². The van der Waals surface area contributed by atoms with Crippen molar-refractivity contribution in [1.29, 1.82) is 0 Å². The lowest BCUT2D eigenvalue weighted by atomic mass is 10.2. The number of thioether (sulfide) groups is 1. The first kappa shape index (κ1) is 5.97. The zero-order chi connectivity index (χ0) is 6.97. The number of hydrogen-bond acceptors (Lipinski definition) is 4. The Labute approximate surface area is 63.0 Å². The summed E-state index contributed by atoms with van der Waals surface area (Å²) in [5, 5.41) is 8.75. The highest BCUT2D eigenvalue weighted by Crippen LogP contribution is 2.28. The van der Waals surface area contributed by atoms with Crippen molar-refractivity contribution in [3.63, 3.8) is 0 Å². The molecular weight excluding hydrogens is 146 g/mol. The molecule has 0 radical (unpaired) electrons. The van der Waals surface area contributed by atoms with Gasteiger partial charge in [0.05, 0.1) is 0 Å². The topological polar surface area (TPSA) is 51.8 Å². The molecule has 52 valence electrons. The van der Waals surface area contributed by atoms with Crippen LogP contribution in [0.25, 0.3) is 0 Å². The van der Waals surface area contributed by atoms with Crippen LogP contribution in [0.2, 0.25) is 0 Å². The van der Waals surface area contributed by atoms with E-state index in [1.165, 1.54) is 5.56 Å².